The lowest BCUT2D eigenvalue weighted by molar-refractivity contribution is -0.143. The summed E-state index contributed by atoms with van der Waals surface area (Å²) in [6, 6.07) is 0. The van der Waals surface area contributed by atoms with Gasteiger partial charge < -0.3 is 14.8 Å². The molecule has 0 radical (unpaired) electrons. The van der Waals surface area contributed by atoms with Gasteiger partial charge in [0.2, 0.25) is 0 Å². The van der Waals surface area contributed by atoms with Crippen LogP contribution >= 0.6 is 0 Å². The molecule has 1 aliphatic heterocycles. The summed E-state index contributed by atoms with van der Waals surface area (Å²) < 4.78 is 10.5. The van der Waals surface area contributed by atoms with Crippen molar-refractivity contribution in [1.82, 2.24) is 5.32 Å². The van der Waals surface area contributed by atoms with Crippen LogP contribution in [0.15, 0.2) is 0 Å². The van der Waals surface area contributed by atoms with Crippen molar-refractivity contribution in [2.24, 2.45) is 0 Å². The summed E-state index contributed by atoms with van der Waals surface area (Å²) in [5, 5.41) is 3.29. The molecule has 1 rings (SSSR count). The largest absolute Gasteiger partial charge is 0.466 e. The molecule has 1 fully saturated rings. The fourth-order valence-corrected chi connectivity index (χ4v) is 1.66. The average Bonchev–Trinajstić information content (AvgIpc) is 2.26. The third kappa shape index (κ3) is 5.74. The van der Waals surface area contributed by atoms with Gasteiger partial charge in [0.25, 0.3) is 0 Å². The highest BCUT2D eigenvalue weighted by Gasteiger charge is 2.12. The number of piperidine rings is 1. The standard InChI is InChI=1S/C11H21NO3/c1-2-14-11(13)4-3-9-15-10-5-7-12-8-6-10/h10,12H,2-9H2,1H3. The zero-order valence-corrected chi connectivity index (χ0v) is 9.46. The third-order valence-electron chi connectivity index (χ3n) is 2.47. The van der Waals surface area contributed by atoms with Gasteiger partial charge in [-0.3, -0.25) is 4.79 Å². The highest BCUT2D eigenvalue weighted by atomic mass is 16.5. The van der Waals surface area contributed by atoms with Gasteiger partial charge in [-0.25, -0.2) is 0 Å². The molecular weight excluding hydrogens is 194 g/mol. The normalized spacial score (nSPS) is 17.7. The van der Waals surface area contributed by atoms with Crippen LogP contribution in [0, 0.1) is 0 Å². The maximum atomic E-state index is 11.0. The molecule has 0 amide bonds. The van der Waals surface area contributed by atoms with Crippen LogP contribution in [0.2, 0.25) is 0 Å². The van der Waals surface area contributed by atoms with E-state index in [4.69, 9.17) is 9.47 Å². The van der Waals surface area contributed by atoms with Crippen molar-refractivity contribution in [2.45, 2.75) is 38.7 Å². The van der Waals surface area contributed by atoms with E-state index in [-0.39, 0.29) is 5.97 Å². The van der Waals surface area contributed by atoms with Gasteiger partial charge in [0.05, 0.1) is 12.7 Å². The first kappa shape index (κ1) is 12.5. The van der Waals surface area contributed by atoms with Crippen LogP contribution < -0.4 is 5.32 Å². The number of nitrogens with one attached hydrogen (secondary N) is 1. The minimum absolute atomic E-state index is 0.119. The topological polar surface area (TPSA) is 47.6 Å². The second-order valence-corrected chi connectivity index (χ2v) is 3.73. The van der Waals surface area contributed by atoms with Crippen molar-refractivity contribution < 1.29 is 14.3 Å². The highest BCUT2D eigenvalue weighted by Crippen LogP contribution is 2.08. The second kappa shape index (κ2) is 7.65. The molecule has 0 bridgehead atoms. The van der Waals surface area contributed by atoms with E-state index in [1.165, 1.54) is 0 Å². The smallest absolute Gasteiger partial charge is 0.305 e. The maximum Gasteiger partial charge on any atom is 0.305 e. The minimum atomic E-state index is -0.119. The molecule has 1 aliphatic rings. The second-order valence-electron chi connectivity index (χ2n) is 3.73. The zero-order valence-electron chi connectivity index (χ0n) is 9.46. The molecule has 0 spiro atoms. The number of hydrogen-bond acceptors (Lipinski definition) is 4. The van der Waals surface area contributed by atoms with Crippen LogP contribution in [0.25, 0.3) is 0 Å². The van der Waals surface area contributed by atoms with Gasteiger partial charge in [-0.2, -0.15) is 0 Å². The van der Waals surface area contributed by atoms with Crippen molar-refractivity contribution in [3.05, 3.63) is 0 Å². The molecule has 1 N–H and O–H groups in total. The predicted molar refractivity (Wildman–Crippen MR) is 57.7 cm³/mol. The van der Waals surface area contributed by atoms with Crippen molar-refractivity contribution in [2.75, 3.05) is 26.3 Å². The maximum absolute atomic E-state index is 11.0. The predicted octanol–water partition coefficient (Wildman–Crippen LogP) is 1.10. The Balaban J connectivity index is 1.93. The first-order chi connectivity index (χ1) is 7.33. The van der Waals surface area contributed by atoms with Crippen molar-refractivity contribution >= 4 is 5.97 Å². The molecule has 0 saturated carbocycles. The van der Waals surface area contributed by atoms with Crippen molar-refractivity contribution in [3.8, 4) is 0 Å². The number of ether oxygens (including phenoxy) is 2. The molecule has 0 aromatic heterocycles. The summed E-state index contributed by atoms with van der Waals surface area (Å²) in [4.78, 5) is 11.0. The fourth-order valence-electron chi connectivity index (χ4n) is 1.66. The Morgan fingerprint density at radius 2 is 2.13 bits per heavy atom. The van der Waals surface area contributed by atoms with E-state index in [2.05, 4.69) is 5.32 Å². The number of hydrogen-bond donors (Lipinski definition) is 1. The van der Waals surface area contributed by atoms with E-state index in [0.717, 1.165) is 32.4 Å². The Hall–Kier alpha value is -0.610. The minimum Gasteiger partial charge on any atom is -0.466 e. The lowest BCUT2D eigenvalue weighted by Gasteiger charge is -2.22. The molecule has 88 valence electrons. The number of carbonyl (C=O) groups excluding carboxylic acids is 1. The molecule has 0 atom stereocenters. The van der Waals surface area contributed by atoms with Gasteiger partial charge in [-0.15, -0.1) is 0 Å². The molecule has 0 unspecified atom stereocenters. The molecule has 4 heteroatoms. The summed E-state index contributed by atoms with van der Waals surface area (Å²) in [6.07, 6.45) is 3.79. The monoisotopic (exact) mass is 215 g/mol. The Morgan fingerprint density at radius 3 is 2.80 bits per heavy atom. The average molecular weight is 215 g/mol. The Labute approximate surface area is 91.3 Å². The van der Waals surface area contributed by atoms with Gasteiger partial charge in [-0.1, -0.05) is 0 Å². The Kier molecular flexibility index (Phi) is 6.36. The number of rotatable bonds is 6. The van der Waals surface area contributed by atoms with E-state index in [0.29, 0.717) is 25.7 Å². The third-order valence-corrected chi connectivity index (χ3v) is 2.47. The van der Waals surface area contributed by atoms with Gasteiger partial charge >= 0.3 is 5.97 Å². The summed E-state index contributed by atoms with van der Waals surface area (Å²) in [6.45, 7) is 5.05. The highest BCUT2D eigenvalue weighted by molar-refractivity contribution is 5.69. The lowest BCUT2D eigenvalue weighted by atomic mass is 10.1. The molecule has 0 aromatic rings. The Bertz CT molecular complexity index is 179. The fraction of sp³-hybridized carbons (Fsp3) is 0.909. The number of esters is 1. The summed E-state index contributed by atoms with van der Waals surface area (Å²) in [5.74, 6) is -0.119. The summed E-state index contributed by atoms with van der Waals surface area (Å²) in [5.41, 5.74) is 0. The van der Waals surface area contributed by atoms with Crippen LogP contribution in [-0.4, -0.2) is 38.4 Å². The quantitative estimate of drug-likeness (QED) is 0.532. The van der Waals surface area contributed by atoms with E-state index in [1.807, 2.05) is 6.92 Å². The summed E-state index contributed by atoms with van der Waals surface area (Å²) >= 11 is 0. The summed E-state index contributed by atoms with van der Waals surface area (Å²) in [7, 11) is 0. The van der Waals surface area contributed by atoms with Crippen LogP contribution in [0.5, 0.6) is 0 Å². The molecule has 1 saturated heterocycles. The van der Waals surface area contributed by atoms with Gasteiger partial charge in [0.1, 0.15) is 0 Å². The first-order valence-electron chi connectivity index (χ1n) is 5.81. The molecule has 0 aliphatic carbocycles. The molecule has 0 aromatic carbocycles. The van der Waals surface area contributed by atoms with Gasteiger partial charge in [-0.05, 0) is 39.3 Å². The lowest BCUT2D eigenvalue weighted by Crippen LogP contribution is -2.32. The zero-order chi connectivity index (χ0) is 10.9. The van der Waals surface area contributed by atoms with Gasteiger partial charge in [0, 0.05) is 13.0 Å². The Morgan fingerprint density at radius 1 is 1.40 bits per heavy atom. The van der Waals surface area contributed by atoms with Crippen LogP contribution in [-0.2, 0) is 14.3 Å². The van der Waals surface area contributed by atoms with Crippen LogP contribution in [0.4, 0.5) is 0 Å². The van der Waals surface area contributed by atoms with E-state index >= 15 is 0 Å². The first-order valence-corrected chi connectivity index (χ1v) is 5.81. The van der Waals surface area contributed by atoms with Gasteiger partial charge in [0.15, 0.2) is 0 Å². The van der Waals surface area contributed by atoms with Crippen LogP contribution in [0.1, 0.15) is 32.6 Å². The molecule has 1 heterocycles. The van der Waals surface area contributed by atoms with Crippen molar-refractivity contribution in [3.63, 3.8) is 0 Å². The molecule has 15 heavy (non-hydrogen) atoms. The molecular formula is C11H21NO3. The van der Waals surface area contributed by atoms with Crippen LogP contribution in [0.3, 0.4) is 0 Å². The molecule has 4 nitrogen and oxygen atoms in total. The van der Waals surface area contributed by atoms with E-state index in [9.17, 15) is 4.79 Å². The van der Waals surface area contributed by atoms with E-state index in [1.54, 1.807) is 0 Å². The van der Waals surface area contributed by atoms with Crippen molar-refractivity contribution in [1.29, 1.82) is 0 Å². The SMILES string of the molecule is CCOC(=O)CCCOC1CCNCC1. The number of carbonyl (C=O) groups is 1. The van der Waals surface area contributed by atoms with E-state index < -0.39 is 0 Å².